The van der Waals surface area contributed by atoms with E-state index in [1.54, 1.807) is 29.2 Å². The Morgan fingerprint density at radius 3 is 2.10 bits per heavy atom. The molecule has 0 aliphatic rings. The summed E-state index contributed by atoms with van der Waals surface area (Å²) in [6, 6.07) is 12.4. The summed E-state index contributed by atoms with van der Waals surface area (Å²) >= 11 is 5.97. The lowest BCUT2D eigenvalue weighted by Crippen LogP contribution is -2.53. The molecule has 0 aromatic heterocycles. The van der Waals surface area contributed by atoms with E-state index < -0.39 is 11.6 Å². The molecular weight excluding hydrogens is 391 g/mol. The maximum Gasteiger partial charge on any atom is 0.243 e. The highest BCUT2D eigenvalue weighted by atomic mass is 35.5. The number of nitrogens with zero attached hydrogens (tertiary/aromatic N) is 1. The normalized spacial score (nSPS) is 12.3. The van der Waals surface area contributed by atoms with Crippen molar-refractivity contribution in [1.82, 2.24) is 10.2 Å². The summed E-state index contributed by atoms with van der Waals surface area (Å²) in [4.78, 5) is 27.7. The molecule has 0 unspecified atom stereocenters. The summed E-state index contributed by atoms with van der Waals surface area (Å²) in [5, 5.41) is 3.58. The summed E-state index contributed by atoms with van der Waals surface area (Å²) in [5.74, 6) is -0.737. The highest BCUT2D eigenvalue weighted by Crippen LogP contribution is 2.17. The molecule has 0 saturated heterocycles. The largest absolute Gasteiger partial charge is 0.350 e. The Morgan fingerprint density at radius 2 is 1.59 bits per heavy atom. The lowest BCUT2D eigenvalue weighted by atomic mass is 10.0. The van der Waals surface area contributed by atoms with Crippen LogP contribution >= 0.6 is 11.6 Å². The van der Waals surface area contributed by atoms with Gasteiger partial charge in [0.2, 0.25) is 11.8 Å². The van der Waals surface area contributed by atoms with E-state index in [2.05, 4.69) is 5.32 Å². The van der Waals surface area contributed by atoms with Crippen molar-refractivity contribution in [2.24, 2.45) is 0 Å². The van der Waals surface area contributed by atoms with E-state index >= 15 is 0 Å². The first kappa shape index (κ1) is 22.9. The van der Waals surface area contributed by atoms with Gasteiger partial charge in [-0.15, -0.1) is 0 Å². The first-order chi connectivity index (χ1) is 13.6. The standard InChI is InChI=1S/C23H28ClFN2O2/c1-5-20(22(29)26-23(2,3)4)27(15-17-6-10-18(24)11-7-17)21(28)14-16-8-12-19(25)13-9-16/h6-13,20H,5,14-15H2,1-4H3,(H,26,29)/t20-/m1/s1. The van der Waals surface area contributed by atoms with Crippen LogP contribution in [0.1, 0.15) is 45.2 Å². The molecule has 4 nitrogen and oxygen atoms in total. The Morgan fingerprint density at radius 1 is 1.03 bits per heavy atom. The molecule has 0 spiro atoms. The van der Waals surface area contributed by atoms with Crippen molar-refractivity contribution in [3.63, 3.8) is 0 Å². The van der Waals surface area contributed by atoms with Gasteiger partial charge in [-0.1, -0.05) is 42.8 Å². The Labute approximate surface area is 177 Å². The van der Waals surface area contributed by atoms with Crippen molar-refractivity contribution in [2.75, 3.05) is 0 Å². The summed E-state index contributed by atoms with van der Waals surface area (Å²) in [7, 11) is 0. The van der Waals surface area contributed by atoms with Crippen LogP contribution in [-0.2, 0) is 22.6 Å². The third kappa shape index (κ3) is 7.17. The smallest absolute Gasteiger partial charge is 0.243 e. The SMILES string of the molecule is CC[C@H](C(=O)NC(C)(C)C)N(Cc1ccc(Cl)cc1)C(=O)Cc1ccc(F)cc1. The average molecular weight is 419 g/mol. The highest BCUT2D eigenvalue weighted by molar-refractivity contribution is 6.30. The first-order valence-corrected chi connectivity index (χ1v) is 10.1. The van der Waals surface area contributed by atoms with Gasteiger partial charge >= 0.3 is 0 Å². The molecule has 1 atom stereocenters. The second kappa shape index (κ2) is 9.88. The van der Waals surface area contributed by atoms with Crippen LogP contribution in [0, 0.1) is 5.82 Å². The molecule has 0 fully saturated rings. The fraction of sp³-hybridized carbons (Fsp3) is 0.391. The molecular formula is C23H28ClFN2O2. The molecule has 0 aliphatic heterocycles. The van der Waals surface area contributed by atoms with E-state index in [0.717, 1.165) is 5.56 Å². The van der Waals surface area contributed by atoms with Crippen LogP contribution in [0.4, 0.5) is 4.39 Å². The Bertz CT molecular complexity index is 829. The maximum atomic E-state index is 13.2. The Hall–Kier alpha value is -2.40. The molecule has 0 aliphatic carbocycles. The first-order valence-electron chi connectivity index (χ1n) is 9.69. The predicted octanol–water partition coefficient (Wildman–Crippen LogP) is 4.74. The molecule has 1 N–H and O–H groups in total. The number of carbonyl (C=O) groups excluding carboxylic acids is 2. The van der Waals surface area contributed by atoms with E-state index in [0.29, 0.717) is 17.0 Å². The minimum atomic E-state index is -0.613. The van der Waals surface area contributed by atoms with Crippen molar-refractivity contribution in [3.05, 3.63) is 70.5 Å². The monoisotopic (exact) mass is 418 g/mol. The number of amides is 2. The van der Waals surface area contributed by atoms with Crippen molar-refractivity contribution in [2.45, 2.75) is 58.7 Å². The summed E-state index contributed by atoms with van der Waals surface area (Å²) in [6.07, 6.45) is 0.567. The van der Waals surface area contributed by atoms with Gasteiger partial charge in [0.15, 0.2) is 0 Å². The van der Waals surface area contributed by atoms with Crippen molar-refractivity contribution < 1.29 is 14.0 Å². The number of hydrogen-bond acceptors (Lipinski definition) is 2. The predicted molar refractivity (Wildman–Crippen MR) is 114 cm³/mol. The zero-order chi connectivity index (χ0) is 21.6. The van der Waals surface area contributed by atoms with Crippen LogP contribution in [0.2, 0.25) is 5.02 Å². The molecule has 0 radical (unpaired) electrons. The number of hydrogen-bond donors (Lipinski definition) is 1. The molecule has 0 heterocycles. The van der Waals surface area contributed by atoms with Gasteiger partial charge in [-0.05, 0) is 62.6 Å². The van der Waals surface area contributed by atoms with E-state index in [-0.39, 0.29) is 30.6 Å². The summed E-state index contributed by atoms with van der Waals surface area (Å²) < 4.78 is 13.2. The second-order valence-corrected chi connectivity index (χ2v) is 8.55. The zero-order valence-electron chi connectivity index (χ0n) is 17.3. The highest BCUT2D eigenvalue weighted by Gasteiger charge is 2.30. The van der Waals surface area contributed by atoms with Crippen molar-refractivity contribution >= 4 is 23.4 Å². The van der Waals surface area contributed by atoms with Crippen LogP contribution in [-0.4, -0.2) is 28.3 Å². The van der Waals surface area contributed by atoms with Gasteiger partial charge in [-0.25, -0.2) is 4.39 Å². The third-order valence-electron chi connectivity index (χ3n) is 4.42. The number of nitrogens with one attached hydrogen (secondary N) is 1. The van der Waals surface area contributed by atoms with Gasteiger partial charge in [-0.3, -0.25) is 9.59 Å². The Kier molecular flexibility index (Phi) is 7.80. The van der Waals surface area contributed by atoms with Crippen LogP contribution in [0.25, 0.3) is 0 Å². The van der Waals surface area contributed by atoms with Crippen LogP contribution < -0.4 is 5.32 Å². The lowest BCUT2D eigenvalue weighted by molar-refractivity contribution is -0.141. The maximum absolute atomic E-state index is 13.2. The van der Waals surface area contributed by atoms with Crippen LogP contribution in [0.3, 0.4) is 0 Å². The second-order valence-electron chi connectivity index (χ2n) is 8.11. The van der Waals surface area contributed by atoms with Crippen LogP contribution in [0.5, 0.6) is 0 Å². The van der Waals surface area contributed by atoms with E-state index in [1.807, 2.05) is 39.8 Å². The van der Waals surface area contributed by atoms with Gasteiger partial charge < -0.3 is 10.2 Å². The van der Waals surface area contributed by atoms with Crippen molar-refractivity contribution in [3.8, 4) is 0 Å². The molecule has 2 aromatic carbocycles. The van der Waals surface area contributed by atoms with E-state index in [1.165, 1.54) is 12.1 Å². The number of carbonyl (C=O) groups is 2. The van der Waals surface area contributed by atoms with Gasteiger partial charge in [0.05, 0.1) is 6.42 Å². The van der Waals surface area contributed by atoms with Gasteiger partial charge in [0, 0.05) is 17.1 Å². The fourth-order valence-electron chi connectivity index (χ4n) is 3.04. The van der Waals surface area contributed by atoms with Crippen LogP contribution in [0.15, 0.2) is 48.5 Å². The third-order valence-corrected chi connectivity index (χ3v) is 4.67. The molecule has 0 saturated carbocycles. The van der Waals surface area contributed by atoms with Gasteiger partial charge in [-0.2, -0.15) is 0 Å². The van der Waals surface area contributed by atoms with Gasteiger partial charge in [0.25, 0.3) is 0 Å². The molecule has 2 amide bonds. The van der Waals surface area contributed by atoms with E-state index in [4.69, 9.17) is 11.6 Å². The fourth-order valence-corrected chi connectivity index (χ4v) is 3.16. The number of halogens is 2. The number of rotatable bonds is 7. The minimum absolute atomic E-state index is 0.0904. The summed E-state index contributed by atoms with van der Waals surface area (Å²) in [6.45, 7) is 7.88. The minimum Gasteiger partial charge on any atom is -0.350 e. The quantitative estimate of drug-likeness (QED) is 0.705. The molecule has 2 aromatic rings. The van der Waals surface area contributed by atoms with Crippen molar-refractivity contribution in [1.29, 1.82) is 0 Å². The summed E-state index contributed by atoms with van der Waals surface area (Å²) in [5.41, 5.74) is 1.17. The molecule has 0 bridgehead atoms. The molecule has 6 heteroatoms. The zero-order valence-corrected chi connectivity index (χ0v) is 18.1. The van der Waals surface area contributed by atoms with E-state index in [9.17, 15) is 14.0 Å². The number of benzene rings is 2. The lowest BCUT2D eigenvalue weighted by Gasteiger charge is -2.33. The molecule has 2 rings (SSSR count). The molecule has 156 valence electrons. The molecule has 29 heavy (non-hydrogen) atoms. The topological polar surface area (TPSA) is 49.4 Å². The van der Waals surface area contributed by atoms with Gasteiger partial charge in [0.1, 0.15) is 11.9 Å². The Balaban J connectivity index is 2.29. The average Bonchev–Trinajstić information content (AvgIpc) is 2.63.